The summed E-state index contributed by atoms with van der Waals surface area (Å²) in [6.45, 7) is 1.75. The van der Waals surface area contributed by atoms with Crippen molar-refractivity contribution in [1.29, 1.82) is 0 Å². The van der Waals surface area contributed by atoms with Gasteiger partial charge in [-0.15, -0.1) is 0 Å². The normalized spacial score (nSPS) is 11.8. The van der Waals surface area contributed by atoms with Crippen LogP contribution in [0.3, 0.4) is 0 Å². The smallest absolute Gasteiger partial charge is 0.347 e. The number of aryl methyl sites for hydroxylation is 1. The fourth-order valence-electron chi connectivity index (χ4n) is 1.92. The molecule has 0 N–H and O–H groups in total. The lowest BCUT2D eigenvalue weighted by atomic mass is 10.1. The van der Waals surface area contributed by atoms with Crippen molar-refractivity contribution in [1.82, 2.24) is 4.98 Å². The van der Waals surface area contributed by atoms with Crippen LogP contribution >= 0.6 is 0 Å². The highest BCUT2D eigenvalue weighted by molar-refractivity contribution is 5.74. The van der Waals surface area contributed by atoms with Crippen LogP contribution in [0.4, 0.5) is 8.78 Å². The fraction of sp³-hybridized carbons (Fsp3) is 0.294. The van der Waals surface area contributed by atoms with Crippen LogP contribution in [0.25, 0.3) is 0 Å². The highest BCUT2D eigenvalue weighted by Crippen LogP contribution is 2.17. The molecular weight excluding hydrogens is 304 g/mol. The molecule has 2 aromatic rings. The summed E-state index contributed by atoms with van der Waals surface area (Å²) >= 11 is 0. The third-order valence-electron chi connectivity index (χ3n) is 3.14. The second kappa shape index (κ2) is 8.22. The number of ether oxygens (including phenoxy) is 2. The zero-order chi connectivity index (χ0) is 16.7. The van der Waals surface area contributed by atoms with Gasteiger partial charge in [0.15, 0.2) is 17.7 Å². The topological polar surface area (TPSA) is 48.4 Å². The van der Waals surface area contributed by atoms with Gasteiger partial charge in [-0.3, -0.25) is 4.98 Å². The number of carbonyl (C=O) groups excluding carboxylic acids is 1. The third kappa shape index (κ3) is 5.32. The van der Waals surface area contributed by atoms with E-state index in [0.29, 0.717) is 6.42 Å². The van der Waals surface area contributed by atoms with E-state index < -0.39 is 23.7 Å². The Bertz CT molecular complexity index is 650. The van der Waals surface area contributed by atoms with Gasteiger partial charge in [0.05, 0.1) is 6.61 Å². The van der Waals surface area contributed by atoms with Crippen LogP contribution < -0.4 is 4.74 Å². The number of benzene rings is 1. The minimum Gasteiger partial charge on any atom is -0.479 e. The number of aromatic nitrogens is 1. The average Bonchev–Trinajstić information content (AvgIpc) is 2.55. The lowest BCUT2D eigenvalue weighted by molar-refractivity contribution is -0.151. The number of carbonyl (C=O) groups is 1. The van der Waals surface area contributed by atoms with E-state index in [1.165, 1.54) is 13.0 Å². The third-order valence-corrected chi connectivity index (χ3v) is 3.14. The molecule has 4 nitrogen and oxygen atoms in total. The number of rotatable bonds is 7. The Morgan fingerprint density at radius 3 is 2.61 bits per heavy atom. The second-order valence-electron chi connectivity index (χ2n) is 4.96. The molecule has 23 heavy (non-hydrogen) atoms. The van der Waals surface area contributed by atoms with Crippen molar-refractivity contribution in [3.8, 4) is 5.75 Å². The van der Waals surface area contributed by atoms with E-state index in [1.807, 2.05) is 12.1 Å². The molecule has 0 aliphatic heterocycles. The van der Waals surface area contributed by atoms with Crippen molar-refractivity contribution in [3.63, 3.8) is 0 Å². The van der Waals surface area contributed by atoms with Crippen molar-refractivity contribution in [2.75, 3.05) is 6.61 Å². The predicted octanol–water partition coefficient (Wildman–Crippen LogP) is 3.30. The summed E-state index contributed by atoms with van der Waals surface area (Å²) in [5, 5.41) is 0. The Labute approximate surface area is 133 Å². The van der Waals surface area contributed by atoms with Crippen LogP contribution in [0.5, 0.6) is 5.75 Å². The summed E-state index contributed by atoms with van der Waals surface area (Å²) < 4.78 is 36.2. The number of halogens is 2. The Morgan fingerprint density at radius 1 is 1.17 bits per heavy atom. The molecule has 0 radical (unpaired) electrons. The van der Waals surface area contributed by atoms with Gasteiger partial charge in [-0.2, -0.15) is 0 Å². The van der Waals surface area contributed by atoms with E-state index in [9.17, 15) is 13.6 Å². The Balaban J connectivity index is 1.73. The number of pyridine rings is 1. The molecule has 2 rings (SSSR count). The zero-order valence-electron chi connectivity index (χ0n) is 12.7. The van der Waals surface area contributed by atoms with Crippen molar-refractivity contribution in [2.45, 2.75) is 25.9 Å². The molecule has 122 valence electrons. The highest BCUT2D eigenvalue weighted by atomic mass is 19.2. The standard InChI is InChI=1S/C17H17F2NO3/c1-12(23-14-4-5-15(18)16(19)11-14)17(21)22-10-2-3-13-6-8-20-9-7-13/h4-9,11-12H,2-3,10H2,1H3. The molecule has 0 amide bonds. The molecule has 0 bridgehead atoms. The minimum atomic E-state index is -1.03. The average molecular weight is 321 g/mol. The van der Waals surface area contributed by atoms with E-state index in [1.54, 1.807) is 12.4 Å². The maximum Gasteiger partial charge on any atom is 0.347 e. The molecule has 0 fully saturated rings. The first kappa shape index (κ1) is 16.9. The summed E-state index contributed by atoms with van der Waals surface area (Å²) in [7, 11) is 0. The largest absolute Gasteiger partial charge is 0.479 e. The number of hydrogen-bond acceptors (Lipinski definition) is 4. The van der Waals surface area contributed by atoms with Crippen molar-refractivity contribution < 1.29 is 23.0 Å². The molecule has 1 unspecified atom stereocenters. The summed E-state index contributed by atoms with van der Waals surface area (Å²) in [4.78, 5) is 15.7. The second-order valence-corrected chi connectivity index (χ2v) is 4.96. The van der Waals surface area contributed by atoms with Gasteiger partial charge in [0.25, 0.3) is 0 Å². The molecule has 1 aromatic heterocycles. The number of nitrogens with zero attached hydrogens (tertiary/aromatic N) is 1. The van der Waals surface area contributed by atoms with Gasteiger partial charge in [0.2, 0.25) is 0 Å². The predicted molar refractivity (Wildman–Crippen MR) is 80.0 cm³/mol. The van der Waals surface area contributed by atoms with Gasteiger partial charge in [0.1, 0.15) is 5.75 Å². The fourth-order valence-corrected chi connectivity index (χ4v) is 1.92. The van der Waals surface area contributed by atoms with E-state index in [-0.39, 0.29) is 12.4 Å². The molecular formula is C17H17F2NO3. The molecule has 6 heteroatoms. The van der Waals surface area contributed by atoms with Crippen molar-refractivity contribution in [2.24, 2.45) is 0 Å². The van der Waals surface area contributed by atoms with E-state index >= 15 is 0 Å². The summed E-state index contributed by atoms with van der Waals surface area (Å²) in [5.41, 5.74) is 1.11. The van der Waals surface area contributed by atoms with Crippen molar-refractivity contribution in [3.05, 3.63) is 59.9 Å². The minimum absolute atomic E-state index is 0.0742. The maximum atomic E-state index is 13.1. The molecule has 0 aliphatic rings. The lowest BCUT2D eigenvalue weighted by Gasteiger charge is -2.14. The molecule has 1 atom stereocenters. The molecule has 0 saturated carbocycles. The van der Waals surface area contributed by atoms with Gasteiger partial charge >= 0.3 is 5.97 Å². The Hall–Kier alpha value is -2.50. The molecule has 0 aliphatic carbocycles. The molecule has 0 saturated heterocycles. The number of esters is 1. The van der Waals surface area contributed by atoms with Crippen LogP contribution in [0.1, 0.15) is 18.9 Å². The highest BCUT2D eigenvalue weighted by Gasteiger charge is 2.17. The van der Waals surface area contributed by atoms with E-state index in [0.717, 1.165) is 24.1 Å². The summed E-state index contributed by atoms with van der Waals surface area (Å²) in [5.74, 6) is -2.47. The van der Waals surface area contributed by atoms with E-state index in [2.05, 4.69) is 4.98 Å². The summed E-state index contributed by atoms with van der Waals surface area (Å²) in [6.07, 6.45) is 3.96. The SMILES string of the molecule is CC(Oc1ccc(F)c(F)c1)C(=O)OCCCc1ccncc1. The first-order valence-corrected chi connectivity index (χ1v) is 7.23. The summed E-state index contributed by atoms with van der Waals surface area (Å²) in [6, 6.07) is 6.89. The zero-order valence-corrected chi connectivity index (χ0v) is 12.7. The molecule has 1 aromatic carbocycles. The van der Waals surface area contributed by atoms with E-state index in [4.69, 9.17) is 9.47 Å². The monoisotopic (exact) mass is 321 g/mol. The maximum absolute atomic E-state index is 13.1. The molecule has 1 heterocycles. The first-order valence-electron chi connectivity index (χ1n) is 7.23. The Kier molecular flexibility index (Phi) is 6.02. The lowest BCUT2D eigenvalue weighted by Crippen LogP contribution is -2.26. The van der Waals surface area contributed by atoms with Crippen LogP contribution in [-0.2, 0) is 16.0 Å². The van der Waals surface area contributed by atoms with Gasteiger partial charge < -0.3 is 9.47 Å². The van der Waals surface area contributed by atoms with Gasteiger partial charge in [0, 0.05) is 18.5 Å². The van der Waals surface area contributed by atoms with Crippen LogP contribution in [0.15, 0.2) is 42.7 Å². The van der Waals surface area contributed by atoms with Gasteiger partial charge in [-0.05, 0) is 49.6 Å². The Morgan fingerprint density at radius 2 is 1.91 bits per heavy atom. The number of hydrogen-bond donors (Lipinski definition) is 0. The van der Waals surface area contributed by atoms with Crippen molar-refractivity contribution >= 4 is 5.97 Å². The van der Waals surface area contributed by atoms with Crippen LogP contribution in [-0.4, -0.2) is 23.7 Å². The van der Waals surface area contributed by atoms with Crippen LogP contribution in [0, 0.1) is 11.6 Å². The quantitative estimate of drug-likeness (QED) is 0.580. The van der Waals surface area contributed by atoms with Gasteiger partial charge in [-0.1, -0.05) is 0 Å². The molecule has 0 spiro atoms. The van der Waals surface area contributed by atoms with Crippen LogP contribution in [0.2, 0.25) is 0 Å². The van der Waals surface area contributed by atoms with Gasteiger partial charge in [-0.25, -0.2) is 13.6 Å². The first-order chi connectivity index (χ1) is 11.1.